The molecule has 0 bridgehead atoms. The van der Waals surface area contributed by atoms with Crippen LogP contribution in [0, 0.1) is 0 Å². The van der Waals surface area contributed by atoms with Gasteiger partial charge in [-0.15, -0.1) is 11.3 Å². The van der Waals surface area contributed by atoms with Crippen LogP contribution in [0.4, 0.5) is 4.48 Å². The number of thiophene rings is 1. The van der Waals surface area contributed by atoms with Crippen molar-refractivity contribution in [2.75, 3.05) is 0 Å². The Labute approximate surface area is 90.3 Å². The van der Waals surface area contributed by atoms with E-state index in [0.29, 0.717) is 5.56 Å². The summed E-state index contributed by atoms with van der Waals surface area (Å²) in [5, 5.41) is 1.98. The second-order valence-corrected chi connectivity index (χ2v) is 3.93. The Morgan fingerprint density at radius 3 is 2.47 bits per heavy atom. The molecule has 2 rings (SSSR count). The van der Waals surface area contributed by atoms with Crippen molar-refractivity contribution in [3.05, 3.63) is 47.3 Å². The average Bonchev–Trinajstić information content (AvgIpc) is 2.82. The maximum absolute atomic E-state index is 11.8. The zero-order chi connectivity index (χ0) is 10.7. The van der Waals surface area contributed by atoms with E-state index in [1.54, 1.807) is 35.6 Å². The fourth-order valence-corrected chi connectivity index (χ4v) is 2.02. The Morgan fingerprint density at radius 2 is 1.93 bits per heavy atom. The van der Waals surface area contributed by atoms with Crippen molar-refractivity contribution in [2.24, 2.45) is 0 Å². The maximum atomic E-state index is 11.8. The van der Waals surface area contributed by atoms with Crippen molar-refractivity contribution in [1.29, 1.82) is 0 Å². The van der Waals surface area contributed by atoms with Crippen molar-refractivity contribution >= 4 is 17.2 Å². The molecule has 0 radical (unpaired) electrons. The van der Waals surface area contributed by atoms with E-state index < -0.39 is 5.91 Å². The number of rotatable bonds is 2. The van der Waals surface area contributed by atoms with E-state index in [0.717, 1.165) is 16.0 Å². The third kappa shape index (κ3) is 2.05. The molecule has 1 heterocycles. The molecule has 0 spiro atoms. The van der Waals surface area contributed by atoms with Crippen molar-refractivity contribution < 1.29 is 9.28 Å². The molecule has 15 heavy (non-hydrogen) atoms. The summed E-state index contributed by atoms with van der Waals surface area (Å²) in [6.45, 7) is 0. The van der Waals surface area contributed by atoms with Gasteiger partial charge in [0.1, 0.15) is 0 Å². The molecule has 1 aromatic carbocycles. The summed E-state index contributed by atoms with van der Waals surface area (Å²) >= 11 is 1.62. The Kier molecular flexibility index (Phi) is 2.78. The van der Waals surface area contributed by atoms with Gasteiger partial charge in [0.2, 0.25) is 0 Å². The SMILES string of the molecule is O=C(NF)c1ccc(-c2cccs2)cc1. The number of nitrogens with one attached hydrogen (secondary N) is 1. The van der Waals surface area contributed by atoms with E-state index in [4.69, 9.17) is 0 Å². The number of amides is 1. The lowest BCUT2D eigenvalue weighted by atomic mass is 10.1. The smallest absolute Gasteiger partial charge is 0.267 e. The van der Waals surface area contributed by atoms with Gasteiger partial charge in [-0.25, -0.2) is 0 Å². The molecular weight excluding hydrogens is 213 g/mol. The maximum Gasteiger partial charge on any atom is 0.278 e. The van der Waals surface area contributed by atoms with Crippen LogP contribution in [-0.2, 0) is 0 Å². The molecule has 1 N–H and O–H groups in total. The van der Waals surface area contributed by atoms with E-state index in [-0.39, 0.29) is 0 Å². The van der Waals surface area contributed by atoms with Crippen LogP contribution < -0.4 is 5.54 Å². The summed E-state index contributed by atoms with van der Waals surface area (Å²) in [5.74, 6) is -0.715. The summed E-state index contributed by atoms with van der Waals surface area (Å²) in [7, 11) is 0. The fourth-order valence-electron chi connectivity index (χ4n) is 1.28. The molecule has 2 aromatic rings. The first-order valence-electron chi connectivity index (χ1n) is 4.36. The predicted molar refractivity (Wildman–Crippen MR) is 58.3 cm³/mol. The quantitative estimate of drug-likeness (QED) is 0.776. The van der Waals surface area contributed by atoms with Gasteiger partial charge in [0, 0.05) is 10.4 Å². The fraction of sp³-hybridized carbons (Fsp3) is 0. The number of halogens is 1. The number of hydrogen-bond donors (Lipinski definition) is 1. The number of carbonyl (C=O) groups excluding carboxylic acids is 1. The largest absolute Gasteiger partial charge is 0.278 e. The first-order valence-corrected chi connectivity index (χ1v) is 5.24. The highest BCUT2D eigenvalue weighted by atomic mass is 32.1. The Bertz CT molecular complexity index is 450. The van der Waals surface area contributed by atoms with E-state index in [1.165, 1.54) is 0 Å². The molecule has 0 fully saturated rings. The van der Waals surface area contributed by atoms with Crippen molar-refractivity contribution in [2.45, 2.75) is 0 Å². The van der Waals surface area contributed by atoms with Crippen molar-refractivity contribution in [3.8, 4) is 10.4 Å². The molecule has 0 aliphatic heterocycles. The lowest BCUT2D eigenvalue weighted by Crippen LogP contribution is -2.13. The van der Waals surface area contributed by atoms with Crippen LogP contribution in [-0.4, -0.2) is 5.91 Å². The Morgan fingerprint density at radius 1 is 1.20 bits per heavy atom. The van der Waals surface area contributed by atoms with E-state index >= 15 is 0 Å². The van der Waals surface area contributed by atoms with Crippen LogP contribution in [0.2, 0.25) is 0 Å². The molecule has 0 aliphatic rings. The lowest BCUT2D eigenvalue weighted by molar-refractivity contribution is 0.0859. The molecule has 0 aliphatic carbocycles. The first kappa shape index (κ1) is 9.86. The predicted octanol–water partition coefficient (Wildman–Crippen LogP) is 3.03. The molecule has 2 nitrogen and oxygen atoms in total. The third-order valence-corrected chi connectivity index (χ3v) is 2.96. The molecule has 1 aromatic heterocycles. The summed E-state index contributed by atoms with van der Waals surface area (Å²) < 4.78 is 11.8. The zero-order valence-corrected chi connectivity index (χ0v) is 8.55. The van der Waals surface area contributed by atoms with Gasteiger partial charge in [-0.2, -0.15) is 5.54 Å². The summed E-state index contributed by atoms with van der Waals surface area (Å²) in [6.07, 6.45) is 0. The first-order chi connectivity index (χ1) is 7.31. The monoisotopic (exact) mass is 221 g/mol. The highest BCUT2D eigenvalue weighted by Crippen LogP contribution is 2.24. The van der Waals surface area contributed by atoms with Gasteiger partial charge in [-0.1, -0.05) is 22.7 Å². The molecule has 0 atom stereocenters. The van der Waals surface area contributed by atoms with Crippen LogP contribution in [0.3, 0.4) is 0 Å². The number of carbonyl (C=O) groups is 1. The van der Waals surface area contributed by atoms with Gasteiger partial charge >= 0.3 is 0 Å². The summed E-state index contributed by atoms with van der Waals surface area (Å²) in [4.78, 5) is 12.1. The molecule has 76 valence electrons. The zero-order valence-electron chi connectivity index (χ0n) is 7.74. The van der Waals surface area contributed by atoms with Crippen LogP contribution in [0.5, 0.6) is 0 Å². The van der Waals surface area contributed by atoms with E-state index in [1.807, 2.05) is 17.5 Å². The molecule has 0 unspecified atom stereocenters. The molecular formula is C11H8FNOS. The van der Waals surface area contributed by atoms with Crippen LogP contribution in [0.25, 0.3) is 10.4 Å². The van der Waals surface area contributed by atoms with Gasteiger partial charge < -0.3 is 0 Å². The molecule has 4 heteroatoms. The van der Waals surface area contributed by atoms with Crippen LogP contribution >= 0.6 is 11.3 Å². The normalized spacial score (nSPS) is 9.93. The summed E-state index contributed by atoms with van der Waals surface area (Å²) in [6, 6.07) is 10.8. The minimum absolute atomic E-state index is 0.317. The second-order valence-electron chi connectivity index (χ2n) is 2.98. The molecule has 0 saturated heterocycles. The third-order valence-electron chi connectivity index (χ3n) is 2.04. The minimum atomic E-state index is -0.715. The van der Waals surface area contributed by atoms with Gasteiger partial charge in [-0.05, 0) is 29.1 Å². The highest BCUT2D eigenvalue weighted by molar-refractivity contribution is 7.13. The van der Waals surface area contributed by atoms with Gasteiger partial charge in [0.15, 0.2) is 0 Å². The number of hydrogen-bond acceptors (Lipinski definition) is 2. The topological polar surface area (TPSA) is 29.1 Å². The highest BCUT2D eigenvalue weighted by Gasteiger charge is 2.04. The Balaban J connectivity index is 2.29. The molecule has 1 amide bonds. The van der Waals surface area contributed by atoms with Gasteiger partial charge in [0.25, 0.3) is 5.91 Å². The van der Waals surface area contributed by atoms with E-state index in [2.05, 4.69) is 0 Å². The molecule has 0 saturated carbocycles. The standard InChI is InChI=1S/C11H8FNOS/c12-13-11(14)9-5-3-8(4-6-9)10-2-1-7-15-10/h1-7H,(H,13,14). The van der Waals surface area contributed by atoms with Crippen LogP contribution in [0.15, 0.2) is 41.8 Å². The van der Waals surface area contributed by atoms with Crippen molar-refractivity contribution in [1.82, 2.24) is 5.54 Å². The van der Waals surface area contributed by atoms with Gasteiger partial charge in [-0.3, -0.25) is 4.79 Å². The summed E-state index contributed by atoms with van der Waals surface area (Å²) in [5.41, 5.74) is 2.44. The minimum Gasteiger partial charge on any atom is -0.267 e. The second kappa shape index (κ2) is 4.23. The number of benzene rings is 1. The lowest BCUT2D eigenvalue weighted by Gasteiger charge is -1.99. The Hall–Kier alpha value is -1.68. The van der Waals surface area contributed by atoms with Crippen LogP contribution in [0.1, 0.15) is 10.4 Å². The van der Waals surface area contributed by atoms with E-state index in [9.17, 15) is 9.28 Å². The average molecular weight is 221 g/mol. The van der Waals surface area contributed by atoms with Crippen molar-refractivity contribution in [3.63, 3.8) is 0 Å². The van der Waals surface area contributed by atoms with Gasteiger partial charge in [0.05, 0.1) is 0 Å².